The zero-order valence-electron chi connectivity index (χ0n) is 8.72. The Labute approximate surface area is 88.6 Å². The van der Waals surface area contributed by atoms with Crippen molar-refractivity contribution in [1.29, 1.82) is 0 Å². The molecule has 1 atom stereocenters. The smallest absolute Gasteiger partial charge is 0.152 e. The SMILES string of the molecule is C=CCC(C)Nc1nccn2nccc12. The third-order valence-electron chi connectivity index (χ3n) is 2.23. The van der Waals surface area contributed by atoms with Gasteiger partial charge in [0.15, 0.2) is 5.82 Å². The van der Waals surface area contributed by atoms with Crippen molar-refractivity contribution < 1.29 is 0 Å². The first-order chi connectivity index (χ1) is 7.31. The van der Waals surface area contributed by atoms with Gasteiger partial charge in [0.1, 0.15) is 5.52 Å². The van der Waals surface area contributed by atoms with Gasteiger partial charge in [-0.1, -0.05) is 6.08 Å². The molecule has 2 aromatic heterocycles. The molecular formula is C11H14N4. The van der Waals surface area contributed by atoms with Crippen LogP contribution in [0.15, 0.2) is 37.3 Å². The van der Waals surface area contributed by atoms with Crippen LogP contribution in [0, 0.1) is 0 Å². The highest BCUT2D eigenvalue weighted by Crippen LogP contribution is 2.14. The molecule has 0 saturated carbocycles. The van der Waals surface area contributed by atoms with Gasteiger partial charge < -0.3 is 5.32 Å². The van der Waals surface area contributed by atoms with Crippen LogP contribution in [0.4, 0.5) is 5.82 Å². The fourth-order valence-corrected chi connectivity index (χ4v) is 1.51. The van der Waals surface area contributed by atoms with Crippen LogP contribution in [-0.4, -0.2) is 20.6 Å². The summed E-state index contributed by atoms with van der Waals surface area (Å²) in [5.41, 5.74) is 0.994. The fraction of sp³-hybridized carbons (Fsp3) is 0.273. The monoisotopic (exact) mass is 202 g/mol. The van der Waals surface area contributed by atoms with Crippen LogP contribution >= 0.6 is 0 Å². The summed E-state index contributed by atoms with van der Waals surface area (Å²) in [7, 11) is 0. The summed E-state index contributed by atoms with van der Waals surface area (Å²) in [6.45, 7) is 5.82. The van der Waals surface area contributed by atoms with E-state index in [2.05, 4.69) is 28.9 Å². The van der Waals surface area contributed by atoms with E-state index in [4.69, 9.17) is 0 Å². The van der Waals surface area contributed by atoms with Gasteiger partial charge in [-0.05, 0) is 19.4 Å². The van der Waals surface area contributed by atoms with Crippen LogP contribution in [-0.2, 0) is 0 Å². The number of anilines is 1. The summed E-state index contributed by atoms with van der Waals surface area (Å²) >= 11 is 0. The summed E-state index contributed by atoms with van der Waals surface area (Å²) in [4.78, 5) is 4.30. The molecule has 0 fully saturated rings. The lowest BCUT2D eigenvalue weighted by Gasteiger charge is -2.12. The van der Waals surface area contributed by atoms with Gasteiger partial charge in [-0.3, -0.25) is 0 Å². The van der Waals surface area contributed by atoms with E-state index >= 15 is 0 Å². The predicted molar refractivity (Wildman–Crippen MR) is 60.9 cm³/mol. The molecule has 0 bridgehead atoms. The van der Waals surface area contributed by atoms with Crippen molar-refractivity contribution in [3.63, 3.8) is 0 Å². The second kappa shape index (κ2) is 4.13. The van der Waals surface area contributed by atoms with Crippen molar-refractivity contribution in [3.05, 3.63) is 37.3 Å². The molecule has 2 aromatic rings. The van der Waals surface area contributed by atoms with Crippen LogP contribution in [0.5, 0.6) is 0 Å². The maximum absolute atomic E-state index is 4.30. The minimum atomic E-state index is 0.330. The van der Waals surface area contributed by atoms with E-state index < -0.39 is 0 Å². The lowest BCUT2D eigenvalue weighted by molar-refractivity contribution is 0.805. The van der Waals surface area contributed by atoms with Crippen molar-refractivity contribution in [2.24, 2.45) is 0 Å². The molecule has 0 saturated heterocycles. The van der Waals surface area contributed by atoms with Gasteiger partial charge in [-0.2, -0.15) is 5.10 Å². The van der Waals surface area contributed by atoms with Crippen LogP contribution in [0.25, 0.3) is 5.52 Å². The molecule has 15 heavy (non-hydrogen) atoms. The van der Waals surface area contributed by atoms with E-state index in [0.717, 1.165) is 17.8 Å². The molecule has 0 spiro atoms. The number of hydrogen-bond donors (Lipinski definition) is 1. The number of fused-ring (bicyclic) bond motifs is 1. The average molecular weight is 202 g/mol. The average Bonchev–Trinajstić information content (AvgIpc) is 2.67. The summed E-state index contributed by atoms with van der Waals surface area (Å²) in [5, 5.41) is 7.48. The highest BCUT2D eigenvalue weighted by atomic mass is 15.2. The van der Waals surface area contributed by atoms with Crippen LogP contribution in [0.3, 0.4) is 0 Å². The standard InChI is InChI=1S/C11H14N4/c1-3-4-9(2)14-11-10-5-6-13-15(10)8-7-12-11/h3,5-9H,1,4H2,2H3,(H,12,14). The summed E-state index contributed by atoms with van der Waals surface area (Å²) in [5.74, 6) is 0.865. The Morgan fingerprint density at radius 2 is 2.47 bits per heavy atom. The lowest BCUT2D eigenvalue weighted by Crippen LogP contribution is -2.15. The third kappa shape index (κ3) is 1.98. The molecule has 0 aliphatic rings. The van der Waals surface area contributed by atoms with E-state index in [-0.39, 0.29) is 0 Å². The van der Waals surface area contributed by atoms with Gasteiger partial charge >= 0.3 is 0 Å². The first kappa shape index (κ1) is 9.71. The Morgan fingerprint density at radius 3 is 3.27 bits per heavy atom. The minimum absolute atomic E-state index is 0.330. The Morgan fingerprint density at radius 1 is 1.60 bits per heavy atom. The molecule has 0 radical (unpaired) electrons. The second-order valence-corrected chi connectivity index (χ2v) is 3.51. The summed E-state index contributed by atoms with van der Waals surface area (Å²) in [6, 6.07) is 2.27. The van der Waals surface area contributed by atoms with Crippen molar-refractivity contribution in [3.8, 4) is 0 Å². The molecule has 2 rings (SSSR count). The largest absolute Gasteiger partial charge is 0.366 e. The van der Waals surface area contributed by atoms with Gasteiger partial charge in [0.05, 0.1) is 6.20 Å². The summed E-state index contributed by atoms with van der Waals surface area (Å²) in [6.07, 6.45) is 8.15. The Hall–Kier alpha value is -1.84. The van der Waals surface area contributed by atoms with Crippen molar-refractivity contribution in [2.45, 2.75) is 19.4 Å². The minimum Gasteiger partial charge on any atom is -0.366 e. The molecule has 1 unspecified atom stereocenters. The molecule has 0 aliphatic carbocycles. The van der Waals surface area contributed by atoms with Crippen molar-refractivity contribution in [2.75, 3.05) is 5.32 Å². The first-order valence-corrected chi connectivity index (χ1v) is 4.97. The molecule has 1 N–H and O–H groups in total. The van der Waals surface area contributed by atoms with E-state index in [1.165, 1.54) is 0 Å². The molecular weight excluding hydrogens is 188 g/mol. The molecule has 0 aliphatic heterocycles. The zero-order valence-corrected chi connectivity index (χ0v) is 8.72. The Balaban J connectivity index is 2.27. The maximum atomic E-state index is 4.30. The highest BCUT2D eigenvalue weighted by molar-refractivity contribution is 5.66. The van der Waals surface area contributed by atoms with Gasteiger partial charge in [0.25, 0.3) is 0 Å². The van der Waals surface area contributed by atoms with E-state index in [1.54, 1.807) is 16.9 Å². The topological polar surface area (TPSA) is 42.2 Å². The normalized spacial score (nSPS) is 12.6. The van der Waals surface area contributed by atoms with Crippen molar-refractivity contribution in [1.82, 2.24) is 14.6 Å². The quantitative estimate of drug-likeness (QED) is 0.772. The lowest BCUT2D eigenvalue weighted by atomic mass is 10.2. The zero-order chi connectivity index (χ0) is 10.7. The molecule has 2 heterocycles. The first-order valence-electron chi connectivity index (χ1n) is 4.97. The third-order valence-corrected chi connectivity index (χ3v) is 2.23. The number of hydrogen-bond acceptors (Lipinski definition) is 3. The van der Waals surface area contributed by atoms with Crippen LogP contribution < -0.4 is 5.32 Å². The second-order valence-electron chi connectivity index (χ2n) is 3.51. The van der Waals surface area contributed by atoms with Gasteiger partial charge in [0.2, 0.25) is 0 Å². The number of aromatic nitrogens is 3. The van der Waals surface area contributed by atoms with Gasteiger partial charge in [-0.25, -0.2) is 9.50 Å². The van der Waals surface area contributed by atoms with E-state index in [9.17, 15) is 0 Å². The Kier molecular flexibility index (Phi) is 2.67. The molecule has 0 aromatic carbocycles. The van der Waals surface area contributed by atoms with E-state index in [1.807, 2.05) is 18.3 Å². The highest BCUT2D eigenvalue weighted by Gasteiger charge is 2.05. The van der Waals surface area contributed by atoms with Crippen LogP contribution in [0.2, 0.25) is 0 Å². The number of nitrogens with one attached hydrogen (secondary N) is 1. The summed E-state index contributed by atoms with van der Waals surface area (Å²) < 4.78 is 1.80. The van der Waals surface area contributed by atoms with E-state index in [0.29, 0.717) is 6.04 Å². The molecule has 0 amide bonds. The van der Waals surface area contributed by atoms with Crippen LogP contribution in [0.1, 0.15) is 13.3 Å². The number of rotatable bonds is 4. The Bertz CT molecular complexity index is 460. The van der Waals surface area contributed by atoms with Crippen molar-refractivity contribution >= 4 is 11.3 Å². The molecule has 4 heteroatoms. The fourth-order valence-electron chi connectivity index (χ4n) is 1.51. The molecule has 4 nitrogen and oxygen atoms in total. The van der Waals surface area contributed by atoms with Gasteiger partial charge in [0, 0.05) is 18.4 Å². The van der Waals surface area contributed by atoms with Gasteiger partial charge in [-0.15, -0.1) is 6.58 Å². The predicted octanol–water partition coefficient (Wildman–Crippen LogP) is 2.11. The molecule has 78 valence electrons. The number of nitrogens with zero attached hydrogens (tertiary/aromatic N) is 3. The maximum Gasteiger partial charge on any atom is 0.152 e.